The molecule has 0 fully saturated rings. The van der Waals surface area contributed by atoms with E-state index in [1.807, 2.05) is 62.4 Å². The molecule has 0 unspecified atom stereocenters. The molecule has 0 saturated heterocycles. The molecule has 0 saturated carbocycles. The van der Waals surface area contributed by atoms with Gasteiger partial charge in [-0.05, 0) is 49.1 Å². The summed E-state index contributed by atoms with van der Waals surface area (Å²) in [6.45, 7) is 4.45. The zero-order valence-electron chi connectivity index (χ0n) is 17.7. The van der Waals surface area contributed by atoms with Gasteiger partial charge in [-0.25, -0.2) is 8.42 Å². The number of amides is 1. The zero-order chi connectivity index (χ0) is 22.0. The number of benzene rings is 3. The van der Waals surface area contributed by atoms with Crippen LogP contribution in [0.15, 0.2) is 77.7 Å². The molecule has 1 aliphatic rings. The van der Waals surface area contributed by atoms with Crippen molar-refractivity contribution in [2.24, 2.45) is 0 Å². The lowest BCUT2D eigenvalue weighted by Gasteiger charge is -2.35. The number of nitrogens with one attached hydrogen (secondary N) is 1. The summed E-state index contributed by atoms with van der Waals surface area (Å²) in [5, 5.41) is 2.94. The molecule has 1 amide bonds. The minimum absolute atomic E-state index is 0.176. The number of carbonyl (C=O) groups excluding carboxylic acids is 1. The number of hydrogen-bond donors (Lipinski definition) is 1. The van der Waals surface area contributed by atoms with Crippen LogP contribution in [0.1, 0.15) is 27.8 Å². The van der Waals surface area contributed by atoms with E-state index in [9.17, 15) is 13.2 Å². The highest BCUT2D eigenvalue weighted by molar-refractivity contribution is 7.89. The second-order valence-corrected chi connectivity index (χ2v) is 9.95. The first-order valence-corrected chi connectivity index (χ1v) is 11.8. The fourth-order valence-electron chi connectivity index (χ4n) is 3.83. The number of aryl methyl sites for hydroxylation is 2. The molecular formula is C25H26N2O3S. The first kappa shape index (κ1) is 21.3. The van der Waals surface area contributed by atoms with E-state index in [4.69, 9.17) is 0 Å². The standard InChI is InChI=1S/C25H26N2O3S/c1-18-7-11-20(12-8-18)16-26-25(28)24-15-21-5-3-4-6-22(21)17-27(24)31(29,30)23-13-9-19(2)10-14-23/h3-14,24H,15-17H2,1-2H3,(H,26,28)/t24-/m0/s1. The lowest BCUT2D eigenvalue weighted by molar-refractivity contribution is -0.125. The number of nitrogens with zero attached hydrogens (tertiary/aromatic N) is 1. The Balaban J connectivity index is 1.63. The molecule has 4 rings (SSSR count). The summed E-state index contributed by atoms with van der Waals surface area (Å²) in [6, 6.07) is 21.6. The molecule has 1 aliphatic heterocycles. The van der Waals surface area contributed by atoms with Gasteiger partial charge in [0.2, 0.25) is 15.9 Å². The summed E-state index contributed by atoms with van der Waals surface area (Å²) in [5.41, 5.74) is 5.04. The predicted octanol–water partition coefficient (Wildman–Crippen LogP) is 3.74. The van der Waals surface area contributed by atoms with E-state index >= 15 is 0 Å². The molecule has 3 aromatic rings. The molecule has 0 aromatic heterocycles. The van der Waals surface area contributed by atoms with Gasteiger partial charge < -0.3 is 5.32 Å². The van der Waals surface area contributed by atoms with Crippen LogP contribution in [-0.4, -0.2) is 24.7 Å². The highest BCUT2D eigenvalue weighted by Crippen LogP contribution is 2.29. The Morgan fingerprint density at radius 1 is 0.903 bits per heavy atom. The monoisotopic (exact) mass is 434 g/mol. The van der Waals surface area contributed by atoms with Crippen molar-refractivity contribution < 1.29 is 13.2 Å². The zero-order valence-corrected chi connectivity index (χ0v) is 18.5. The van der Waals surface area contributed by atoms with Crippen molar-refractivity contribution in [1.29, 1.82) is 0 Å². The Hall–Kier alpha value is -2.96. The fraction of sp³-hybridized carbons (Fsp3) is 0.240. The Kier molecular flexibility index (Phi) is 5.94. The molecular weight excluding hydrogens is 408 g/mol. The summed E-state index contributed by atoms with van der Waals surface area (Å²) < 4.78 is 28.3. The average molecular weight is 435 g/mol. The number of sulfonamides is 1. The van der Waals surface area contributed by atoms with Crippen LogP contribution in [0.3, 0.4) is 0 Å². The number of hydrogen-bond acceptors (Lipinski definition) is 3. The lowest BCUT2D eigenvalue weighted by Crippen LogP contribution is -2.52. The highest BCUT2D eigenvalue weighted by atomic mass is 32.2. The van der Waals surface area contributed by atoms with E-state index < -0.39 is 16.1 Å². The molecule has 3 aromatic carbocycles. The van der Waals surface area contributed by atoms with Gasteiger partial charge in [0, 0.05) is 13.1 Å². The van der Waals surface area contributed by atoms with Gasteiger partial charge in [-0.1, -0.05) is 71.8 Å². The van der Waals surface area contributed by atoms with Crippen LogP contribution in [0.5, 0.6) is 0 Å². The van der Waals surface area contributed by atoms with Crippen LogP contribution in [-0.2, 0) is 34.3 Å². The molecule has 1 heterocycles. The summed E-state index contributed by atoms with van der Waals surface area (Å²) in [5.74, 6) is -0.286. The number of rotatable bonds is 5. The van der Waals surface area contributed by atoms with Gasteiger partial charge in [0.25, 0.3) is 0 Å². The third-order valence-corrected chi connectivity index (χ3v) is 7.59. The van der Waals surface area contributed by atoms with Gasteiger partial charge >= 0.3 is 0 Å². The minimum Gasteiger partial charge on any atom is -0.351 e. The maximum atomic E-state index is 13.5. The van der Waals surface area contributed by atoms with Crippen LogP contribution < -0.4 is 5.32 Å². The van der Waals surface area contributed by atoms with Gasteiger partial charge in [0.1, 0.15) is 6.04 Å². The third-order valence-electron chi connectivity index (χ3n) is 5.72. The predicted molar refractivity (Wildman–Crippen MR) is 121 cm³/mol. The Morgan fingerprint density at radius 2 is 1.48 bits per heavy atom. The fourth-order valence-corrected chi connectivity index (χ4v) is 5.40. The molecule has 5 nitrogen and oxygen atoms in total. The van der Waals surface area contributed by atoms with Crippen molar-refractivity contribution in [3.63, 3.8) is 0 Å². The largest absolute Gasteiger partial charge is 0.351 e. The maximum absolute atomic E-state index is 13.5. The van der Waals surface area contributed by atoms with Crippen LogP contribution in [0.2, 0.25) is 0 Å². The second-order valence-electron chi connectivity index (χ2n) is 8.06. The second kappa shape index (κ2) is 8.65. The maximum Gasteiger partial charge on any atom is 0.244 e. The topological polar surface area (TPSA) is 66.5 Å². The molecule has 0 aliphatic carbocycles. The van der Waals surface area contributed by atoms with E-state index in [0.717, 1.165) is 27.8 Å². The van der Waals surface area contributed by atoms with Crippen molar-refractivity contribution in [3.8, 4) is 0 Å². The molecule has 0 radical (unpaired) electrons. The molecule has 160 valence electrons. The van der Waals surface area contributed by atoms with Gasteiger partial charge in [-0.15, -0.1) is 0 Å². The van der Waals surface area contributed by atoms with Gasteiger partial charge in [-0.3, -0.25) is 4.79 Å². The first-order chi connectivity index (χ1) is 14.8. The molecule has 0 spiro atoms. The summed E-state index contributed by atoms with van der Waals surface area (Å²) >= 11 is 0. The van der Waals surface area contributed by atoms with Crippen molar-refractivity contribution in [3.05, 3.63) is 101 Å². The lowest BCUT2D eigenvalue weighted by atomic mass is 9.95. The van der Waals surface area contributed by atoms with Crippen LogP contribution in [0.4, 0.5) is 0 Å². The number of carbonyl (C=O) groups is 1. The Bertz CT molecular complexity index is 1190. The van der Waals surface area contributed by atoms with E-state index in [1.165, 1.54) is 4.31 Å². The van der Waals surface area contributed by atoms with Gasteiger partial charge in [-0.2, -0.15) is 4.31 Å². The van der Waals surface area contributed by atoms with E-state index in [0.29, 0.717) is 13.0 Å². The minimum atomic E-state index is -3.83. The van der Waals surface area contributed by atoms with Crippen LogP contribution >= 0.6 is 0 Å². The smallest absolute Gasteiger partial charge is 0.244 e. The van der Waals surface area contributed by atoms with Gasteiger partial charge in [0.05, 0.1) is 4.90 Å². The summed E-state index contributed by atoms with van der Waals surface area (Å²) in [7, 11) is -3.83. The van der Waals surface area contributed by atoms with Crippen molar-refractivity contribution in [2.45, 2.75) is 44.3 Å². The highest BCUT2D eigenvalue weighted by Gasteiger charge is 2.39. The van der Waals surface area contributed by atoms with E-state index in [-0.39, 0.29) is 17.3 Å². The van der Waals surface area contributed by atoms with Gasteiger partial charge in [0.15, 0.2) is 0 Å². The van der Waals surface area contributed by atoms with Crippen LogP contribution in [0.25, 0.3) is 0 Å². The quantitative estimate of drug-likeness (QED) is 0.665. The third kappa shape index (κ3) is 4.55. The summed E-state index contributed by atoms with van der Waals surface area (Å²) in [4.78, 5) is 13.4. The normalized spacial score (nSPS) is 16.5. The first-order valence-electron chi connectivity index (χ1n) is 10.3. The van der Waals surface area contributed by atoms with E-state index in [2.05, 4.69) is 5.32 Å². The number of fused-ring (bicyclic) bond motifs is 1. The van der Waals surface area contributed by atoms with Crippen LogP contribution in [0, 0.1) is 13.8 Å². The SMILES string of the molecule is Cc1ccc(CNC(=O)[C@@H]2Cc3ccccc3CN2S(=O)(=O)c2ccc(C)cc2)cc1. The summed E-state index contributed by atoms with van der Waals surface area (Å²) in [6.07, 6.45) is 0.348. The molecule has 1 atom stereocenters. The molecule has 0 bridgehead atoms. The molecule has 31 heavy (non-hydrogen) atoms. The van der Waals surface area contributed by atoms with Crippen molar-refractivity contribution in [2.75, 3.05) is 0 Å². The average Bonchev–Trinajstić information content (AvgIpc) is 2.78. The van der Waals surface area contributed by atoms with E-state index in [1.54, 1.807) is 24.3 Å². The molecule has 1 N–H and O–H groups in total. The Morgan fingerprint density at radius 3 is 2.13 bits per heavy atom. The molecule has 6 heteroatoms. The van der Waals surface area contributed by atoms with Crippen molar-refractivity contribution >= 4 is 15.9 Å². The van der Waals surface area contributed by atoms with Crippen molar-refractivity contribution in [1.82, 2.24) is 9.62 Å². The Labute approximate surface area is 183 Å².